The van der Waals surface area contributed by atoms with Crippen LogP contribution in [0.15, 0.2) is 12.1 Å². The van der Waals surface area contributed by atoms with Crippen LogP contribution in [-0.4, -0.2) is 24.2 Å². The average Bonchev–Trinajstić information content (AvgIpc) is 2.46. The van der Waals surface area contributed by atoms with Crippen molar-refractivity contribution >= 4 is 5.69 Å². The lowest BCUT2D eigenvalue weighted by Gasteiger charge is -2.28. The van der Waals surface area contributed by atoms with E-state index in [1.165, 1.54) is 0 Å². The minimum atomic E-state index is -1.15. The van der Waals surface area contributed by atoms with Crippen LogP contribution in [0.3, 0.4) is 0 Å². The Balaban J connectivity index is 2.02. The Kier molecular flexibility index (Phi) is 5.19. The molecule has 0 aromatic heterocycles. The Hall–Kier alpha value is -1.60. The first-order valence-corrected chi connectivity index (χ1v) is 6.92. The standard InChI is InChI=1S/C14H18F2N2O3/c1-9(10-2-4-21-5-3-10)17-8-11-6-14(18(19)20)13(16)7-12(11)15/h6-7,9-10,17H,2-5,8H2,1H3. The normalized spacial score (nSPS) is 17.7. The number of ether oxygens (including phenoxy) is 1. The van der Waals surface area contributed by atoms with Crippen LogP contribution >= 0.6 is 0 Å². The fourth-order valence-corrected chi connectivity index (χ4v) is 2.51. The zero-order valence-corrected chi connectivity index (χ0v) is 11.8. The molecule has 7 heteroatoms. The molecule has 0 radical (unpaired) electrons. The van der Waals surface area contributed by atoms with Crippen molar-refractivity contribution in [1.29, 1.82) is 0 Å². The van der Waals surface area contributed by atoms with Gasteiger partial charge in [-0.15, -0.1) is 0 Å². The van der Waals surface area contributed by atoms with Gasteiger partial charge in [0, 0.05) is 43.5 Å². The van der Waals surface area contributed by atoms with Crippen molar-refractivity contribution in [1.82, 2.24) is 5.32 Å². The molecule has 0 spiro atoms. The monoisotopic (exact) mass is 300 g/mol. The third-order valence-electron chi connectivity index (χ3n) is 3.90. The van der Waals surface area contributed by atoms with Crippen LogP contribution in [0.1, 0.15) is 25.3 Å². The van der Waals surface area contributed by atoms with Gasteiger partial charge in [0.2, 0.25) is 5.82 Å². The van der Waals surface area contributed by atoms with Gasteiger partial charge in [0.25, 0.3) is 0 Å². The highest BCUT2D eigenvalue weighted by Gasteiger charge is 2.22. The number of nitro groups is 1. The van der Waals surface area contributed by atoms with Gasteiger partial charge in [0.15, 0.2) is 0 Å². The second kappa shape index (κ2) is 6.91. The SMILES string of the molecule is CC(NCc1cc([N+](=O)[O-])c(F)cc1F)C1CCOCC1. The first-order chi connectivity index (χ1) is 9.99. The molecule has 1 atom stereocenters. The Morgan fingerprint density at radius 3 is 2.67 bits per heavy atom. The average molecular weight is 300 g/mol. The molecule has 1 unspecified atom stereocenters. The molecular weight excluding hydrogens is 282 g/mol. The molecule has 1 aromatic carbocycles. The van der Waals surface area contributed by atoms with Crippen LogP contribution in [0.4, 0.5) is 14.5 Å². The minimum Gasteiger partial charge on any atom is -0.381 e. The van der Waals surface area contributed by atoms with E-state index in [4.69, 9.17) is 4.74 Å². The van der Waals surface area contributed by atoms with E-state index >= 15 is 0 Å². The molecule has 1 aromatic rings. The predicted octanol–water partition coefficient (Wildman–Crippen LogP) is 2.78. The summed E-state index contributed by atoms with van der Waals surface area (Å²) in [6, 6.07) is 1.65. The van der Waals surface area contributed by atoms with E-state index in [1.807, 2.05) is 6.92 Å². The maximum atomic E-state index is 13.7. The number of hydrogen-bond donors (Lipinski definition) is 1. The quantitative estimate of drug-likeness (QED) is 0.671. The molecule has 116 valence electrons. The van der Waals surface area contributed by atoms with Gasteiger partial charge in [-0.1, -0.05) is 0 Å². The van der Waals surface area contributed by atoms with Gasteiger partial charge >= 0.3 is 5.69 Å². The fourth-order valence-electron chi connectivity index (χ4n) is 2.51. The molecular formula is C14H18F2N2O3. The molecule has 0 aliphatic carbocycles. The summed E-state index contributed by atoms with van der Waals surface area (Å²) in [4.78, 5) is 9.83. The zero-order valence-electron chi connectivity index (χ0n) is 11.8. The van der Waals surface area contributed by atoms with E-state index in [0.29, 0.717) is 25.2 Å². The largest absolute Gasteiger partial charge is 0.381 e. The highest BCUT2D eigenvalue weighted by atomic mass is 19.1. The van der Waals surface area contributed by atoms with E-state index in [9.17, 15) is 18.9 Å². The minimum absolute atomic E-state index is 0.0991. The highest BCUT2D eigenvalue weighted by Crippen LogP contribution is 2.23. The second-order valence-corrected chi connectivity index (χ2v) is 5.27. The number of nitrogens with zero attached hydrogens (tertiary/aromatic N) is 1. The van der Waals surface area contributed by atoms with Gasteiger partial charge < -0.3 is 10.1 Å². The van der Waals surface area contributed by atoms with Crippen LogP contribution in [-0.2, 0) is 11.3 Å². The summed E-state index contributed by atoms with van der Waals surface area (Å²) in [6.07, 6.45) is 1.86. The van der Waals surface area contributed by atoms with E-state index in [-0.39, 0.29) is 18.2 Å². The molecule has 1 saturated heterocycles. The maximum Gasteiger partial charge on any atom is 0.305 e. The predicted molar refractivity (Wildman–Crippen MR) is 72.9 cm³/mol. The van der Waals surface area contributed by atoms with Crippen molar-refractivity contribution in [3.63, 3.8) is 0 Å². The molecule has 1 N–H and O–H groups in total. The molecule has 0 saturated carbocycles. The van der Waals surface area contributed by atoms with Crippen molar-refractivity contribution in [2.45, 2.75) is 32.4 Å². The summed E-state index contributed by atoms with van der Waals surface area (Å²) >= 11 is 0. The number of nitro benzene ring substituents is 1. The fraction of sp³-hybridized carbons (Fsp3) is 0.571. The van der Waals surface area contributed by atoms with E-state index in [0.717, 1.165) is 18.9 Å². The summed E-state index contributed by atoms with van der Waals surface area (Å²) in [6.45, 7) is 3.55. The smallest absolute Gasteiger partial charge is 0.305 e. The number of benzene rings is 1. The van der Waals surface area contributed by atoms with Crippen LogP contribution in [0.5, 0.6) is 0 Å². The number of rotatable bonds is 5. The molecule has 0 bridgehead atoms. The van der Waals surface area contributed by atoms with Gasteiger partial charge in [0.05, 0.1) is 4.92 Å². The molecule has 1 heterocycles. The highest BCUT2D eigenvalue weighted by molar-refractivity contribution is 5.37. The molecule has 21 heavy (non-hydrogen) atoms. The third kappa shape index (κ3) is 3.95. The molecule has 1 aliphatic rings. The Morgan fingerprint density at radius 2 is 2.05 bits per heavy atom. The topological polar surface area (TPSA) is 64.4 Å². The molecule has 1 fully saturated rings. The van der Waals surface area contributed by atoms with Crippen LogP contribution < -0.4 is 5.32 Å². The van der Waals surface area contributed by atoms with Gasteiger partial charge in [0.1, 0.15) is 5.82 Å². The van der Waals surface area contributed by atoms with E-state index in [2.05, 4.69) is 5.32 Å². The molecule has 0 amide bonds. The first-order valence-electron chi connectivity index (χ1n) is 6.92. The van der Waals surface area contributed by atoms with Crippen molar-refractivity contribution in [2.75, 3.05) is 13.2 Å². The zero-order chi connectivity index (χ0) is 15.4. The lowest BCUT2D eigenvalue weighted by atomic mass is 9.93. The maximum absolute atomic E-state index is 13.7. The third-order valence-corrected chi connectivity index (χ3v) is 3.90. The Morgan fingerprint density at radius 1 is 1.38 bits per heavy atom. The summed E-state index contributed by atoms with van der Waals surface area (Å²) in [5, 5.41) is 13.8. The van der Waals surface area contributed by atoms with E-state index < -0.39 is 22.2 Å². The molecule has 1 aliphatic heterocycles. The number of nitrogens with one attached hydrogen (secondary N) is 1. The Labute approximate surface area is 121 Å². The van der Waals surface area contributed by atoms with Crippen LogP contribution in [0.25, 0.3) is 0 Å². The van der Waals surface area contributed by atoms with Gasteiger partial charge in [-0.2, -0.15) is 4.39 Å². The van der Waals surface area contributed by atoms with Crippen LogP contribution in [0.2, 0.25) is 0 Å². The molecule has 5 nitrogen and oxygen atoms in total. The lowest BCUT2D eigenvalue weighted by Crippen LogP contribution is -2.36. The summed E-state index contributed by atoms with van der Waals surface area (Å²) in [7, 11) is 0. The first kappa shape index (κ1) is 15.8. The van der Waals surface area contributed by atoms with Crippen molar-refractivity contribution in [3.8, 4) is 0 Å². The van der Waals surface area contributed by atoms with Crippen molar-refractivity contribution in [3.05, 3.63) is 39.4 Å². The van der Waals surface area contributed by atoms with Gasteiger partial charge in [-0.05, 0) is 25.7 Å². The van der Waals surface area contributed by atoms with Gasteiger partial charge in [-0.3, -0.25) is 10.1 Å². The van der Waals surface area contributed by atoms with Crippen molar-refractivity contribution in [2.24, 2.45) is 5.92 Å². The second-order valence-electron chi connectivity index (χ2n) is 5.27. The lowest BCUT2D eigenvalue weighted by molar-refractivity contribution is -0.387. The van der Waals surface area contributed by atoms with E-state index in [1.54, 1.807) is 0 Å². The summed E-state index contributed by atoms with van der Waals surface area (Å²) < 4.78 is 32.2. The Bertz CT molecular complexity index is 519. The summed E-state index contributed by atoms with van der Waals surface area (Å²) in [5.74, 6) is -1.50. The van der Waals surface area contributed by atoms with Crippen LogP contribution in [0, 0.1) is 27.7 Å². The number of halogens is 2. The summed E-state index contributed by atoms with van der Waals surface area (Å²) in [5.41, 5.74) is -0.603. The van der Waals surface area contributed by atoms with Gasteiger partial charge in [-0.25, -0.2) is 4.39 Å². The number of hydrogen-bond acceptors (Lipinski definition) is 4. The van der Waals surface area contributed by atoms with Crippen molar-refractivity contribution < 1.29 is 18.4 Å². The molecule has 2 rings (SSSR count).